The normalized spacial score (nSPS) is 19.8. The summed E-state index contributed by atoms with van der Waals surface area (Å²) in [5.74, 6) is 0.488. The first-order valence-corrected chi connectivity index (χ1v) is 13.3. The van der Waals surface area contributed by atoms with Crippen LogP contribution in [0, 0.1) is 0 Å². The van der Waals surface area contributed by atoms with E-state index in [2.05, 4.69) is 11.0 Å². The van der Waals surface area contributed by atoms with E-state index in [9.17, 15) is 13.2 Å². The molecule has 0 spiro atoms. The van der Waals surface area contributed by atoms with E-state index < -0.39 is 16.1 Å². The lowest BCUT2D eigenvalue weighted by atomic mass is 10.2. The molecule has 2 aliphatic rings. The van der Waals surface area contributed by atoms with Gasteiger partial charge >= 0.3 is 0 Å². The molecule has 1 aromatic heterocycles. The average molecular weight is 487 g/mol. The van der Waals surface area contributed by atoms with E-state index in [4.69, 9.17) is 9.72 Å². The number of benzene rings is 2. The van der Waals surface area contributed by atoms with Crippen molar-refractivity contribution in [3.63, 3.8) is 0 Å². The molecular weight excluding hydrogens is 460 g/mol. The number of methoxy groups -OCH3 is 1. The number of hydrogen-bond donors (Lipinski definition) is 0. The molecule has 2 aromatic carbocycles. The molecule has 10 heteroatoms. The molecule has 2 saturated heterocycles. The number of aromatic nitrogens is 1. The van der Waals surface area contributed by atoms with Gasteiger partial charge in [-0.1, -0.05) is 23.5 Å². The highest BCUT2D eigenvalue weighted by Gasteiger charge is 2.41. The second-order valence-corrected chi connectivity index (χ2v) is 11.1. The number of anilines is 1. The van der Waals surface area contributed by atoms with Crippen molar-refractivity contribution in [2.24, 2.45) is 0 Å². The Bertz CT molecular complexity index is 1220. The molecule has 0 radical (unpaired) electrons. The van der Waals surface area contributed by atoms with Crippen LogP contribution in [0.4, 0.5) is 5.13 Å². The summed E-state index contributed by atoms with van der Waals surface area (Å²) in [5.41, 5.74) is 0.987. The minimum absolute atomic E-state index is 0.103. The number of fused-ring (bicyclic) bond motifs is 1. The van der Waals surface area contributed by atoms with Crippen LogP contribution in [0.15, 0.2) is 53.4 Å². The Labute approximate surface area is 197 Å². The van der Waals surface area contributed by atoms with Crippen LogP contribution in [-0.2, 0) is 14.8 Å². The number of carbonyl (C=O) groups is 1. The summed E-state index contributed by atoms with van der Waals surface area (Å²) in [5, 5.41) is 0.966. The Morgan fingerprint density at radius 1 is 1.03 bits per heavy atom. The zero-order chi connectivity index (χ0) is 23.0. The van der Waals surface area contributed by atoms with Gasteiger partial charge in [-0.05, 0) is 49.2 Å². The molecule has 0 aliphatic carbocycles. The van der Waals surface area contributed by atoms with Gasteiger partial charge in [-0.3, -0.25) is 4.79 Å². The number of carbonyl (C=O) groups excluding carboxylic acids is 1. The number of amides is 1. The highest BCUT2D eigenvalue weighted by molar-refractivity contribution is 7.89. The van der Waals surface area contributed by atoms with Crippen LogP contribution in [0.3, 0.4) is 0 Å². The molecule has 8 nitrogen and oxygen atoms in total. The molecule has 3 heterocycles. The summed E-state index contributed by atoms with van der Waals surface area (Å²) in [6, 6.07) is 13.7. The first-order chi connectivity index (χ1) is 16.0. The number of sulfonamides is 1. The highest BCUT2D eigenvalue weighted by atomic mass is 32.2. The molecule has 3 aromatic rings. The number of rotatable bonds is 5. The third kappa shape index (κ3) is 4.18. The number of hydrogen-bond acceptors (Lipinski definition) is 7. The van der Waals surface area contributed by atoms with E-state index >= 15 is 0 Å². The van der Waals surface area contributed by atoms with Gasteiger partial charge in [-0.15, -0.1) is 0 Å². The fourth-order valence-electron chi connectivity index (χ4n) is 4.48. The minimum Gasteiger partial charge on any atom is -0.497 e. The predicted octanol–water partition coefficient (Wildman–Crippen LogP) is 2.81. The summed E-state index contributed by atoms with van der Waals surface area (Å²) >= 11 is 1.66. The Hall–Kier alpha value is -2.69. The molecule has 1 amide bonds. The van der Waals surface area contributed by atoms with Crippen molar-refractivity contribution in [3.05, 3.63) is 48.5 Å². The van der Waals surface area contributed by atoms with Crippen LogP contribution >= 0.6 is 11.3 Å². The second kappa shape index (κ2) is 8.92. The van der Waals surface area contributed by atoms with Gasteiger partial charge in [0.2, 0.25) is 15.9 Å². The molecule has 2 aliphatic heterocycles. The van der Waals surface area contributed by atoms with Gasteiger partial charge in [-0.2, -0.15) is 4.31 Å². The smallest absolute Gasteiger partial charge is 0.243 e. The van der Waals surface area contributed by atoms with Crippen molar-refractivity contribution in [2.45, 2.75) is 23.8 Å². The number of piperazine rings is 1. The fourth-order valence-corrected chi connectivity index (χ4v) is 7.15. The maximum Gasteiger partial charge on any atom is 0.243 e. The molecule has 2 fully saturated rings. The van der Waals surface area contributed by atoms with Crippen molar-refractivity contribution >= 4 is 42.6 Å². The molecule has 0 N–H and O–H groups in total. The summed E-state index contributed by atoms with van der Waals surface area (Å²) in [7, 11) is -2.22. The van der Waals surface area contributed by atoms with Gasteiger partial charge in [-0.25, -0.2) is 13.4 Å². The van der Waals surface area contributed by atoms with E-state index in [-0.39, 0.29) is 10.8 Å². The largest absolute Gasteiger partial charge is 0.497 e. The van der Waals surface area contributed by atoms with E-state index in [1.165, 1.54) is 23.5 Å². The topological polar surface area (TPSA) is 83.0 Å². The Kier molecular flexibility index (Phi) is 5.98. The predicted molar refractivity (Wildman–Crippen MR) is 128 cm³/mol. The van der Waals surface area contributed by atoms with Crippen LogP contribution in [-0.4, -0.2) is 74.4 Å². The maximum atomic E-state index is 13.3. The zero-order valence-corrected chi connectivity index (χ0v) is 20.0. The van der Waals surface area contributed by atoms with Gasteiger partial charge in [0.1, 0.15) is 11.8 Å². The maximum absolute atomic E-state index is 13.3. The monoisotopic (exact) mass is 486 g/mol. The van der Waals surface area contributed by atoms with Gasteiger partial charge < -0.3 is 14.5 Å². The van der Waals surface area contributed by atoms with Crippen molar-refractivity contribution in [3.8, 4) is 5.75 Å². The van der Waals surface area contributed by atoms with Gasteiger partial charge in [0.05, 0.1) is 22.2 Å². The SMILES string of the molecule is COc1ccc(S(=O)(=O)N2CCCC2C(=O)N2CCN(c3nc4ccccc4s3)CC2)cc1. The summed E-state index contributed by atoms with van der Waals surface area (Å²) < 4.78 is 34.2. The van der Waals surface area contributed by atoms with Crippen LogP contribution in [0.5, 0.6) is 5.75 Å². The van der Waals surface area contributed by atoms with E-state index in [1.54, 1.807) is 28.4 Å². The van der Waals surface area contributed by atoms with E-state index in [0.29, 0.717) is 51.3 Å². The summed E-state index contributed by atoms with van der Waals surface area (Å²) in [4.78, 5) is 22.2. The molecule has 5 rings (SSSR count). The molecule has 174 valence electrons. The Morgan fingerprint density at radius 3 is 2.45 bits per heavy atom. The lowest BCUT2D eigenvalue weighted by Gasteiger charge is -2.37. The standard InChI is InChI=1S/C23H26N4O4S2/c1-31-17-8-10-18(11-9-17)33(29,30)27-12-4-6-20(27)22(28)25-13-15-26(16-14-25)23-24-19-5-2-3-7-21(19)32-23/h2-3,5,7-11,20H,4,6,12-16H2,1H3. The van der Waals surface area contributed by atoms with E-state index in [0.717, 1.165) is 15.3 Å². The quantitative estimate of drug-likeness (QED) is 0.552. The lowest BCUT2D eigenvalue weighted by Crippen LogP contribution is -2.54. The molecule has 0 bridgehead atoms. The van der Waals surface area contributed by atoms with Gasteiger partial charge in [0.15, 0.2) is 5.13 Å². The summed E-state index contributed by atoms with van der Waals surface area (Å²) in [6.45, 7) is 2.84. The van der Waals surface area contributed by atoms with E-state index in [1.807, 2.05) is 18.2 Å². The van der Waals surface area contributed by atoms with Gasteiger partial charge in [0.25, 0.3) is 0 Å². The van der Waals surface area contributed by atoms with Crippen molar-refractivity contribution in [1.29, 1.82) is 0 Å². The zero-order valence-electron chi connectivity index (χ0n) is 18.4. The molecule has 0 saturated carbocycles. The average Bonchev–Trinajstić information content (AvgIpc) is 3.52. The molecule has 1 atom stereocenters. The first kappa shape index (κ1) is 22.1. The fraction of sp³-hybridized carbons (Fsp3) is 0.391. The van der Waals surface area contributed by atoms with Crippen LogP contribution in [0.25, 0.3) is 10.2 Å². The van der Waals surface area contributed by atoms with Crippen LogP contribution in [0.1, 0.15) is 12.8 Å². The number of ether oxygens (including phenoxy) is 1. The second-order valence-electron chi connectivity index (χ2n) is 8.23. The third-order valence-electron chi connectivity index (χ3n) is 6.30. The highest BCUT2D eigenvalue weighted by Crippen LogP contribution is 2.31. The van der Waals surface area contributed by atoms with Crippen molar-refractivity contribution in [1.82, 2.24) is 14.2 Å². The van der Waals surface area contributed by atoms with Gasteiger partial charge in [0, 0.05) is 32.7 Å². The first-order valence-electron chi connectivity index (χ1n) is 11.0. The summed E-state index contributed by atoms with van der Waals surface area (Å²) in [6.07, 6.45) is 1.23. The van der Waals surface area contributed by atoms with Crippen LogP contribution < -0.4 is 9.64 Å². The van der Waals surface area contributed by atoms with Crippen LogP contribution in [0.2, 0.25) is 0 Å². The third-order valence-corrected chi connectivity index (χ3v) is 9.32. The molecule has 1 unspecified atom stereocenters. The van der Waals surface area contributed by atoms with Crippen molar-refractivity contribution in [2.75, 3.05) is 44.7 Å². The number of thiazole rings is 1. The lowest BCUT2D eigenvalue weighted by molar-refractivity contribution is -0.134. The molecular formula is C23H26N4O4S2. The van der Waals surface area contributed by atoms with Crippen molar-refractivity contribution < 1.29 is 17.9 Å². The Morgan fingerprint density at radius 2 is 1.76 bits per heavy atom. The number of para-hydroxylation sites is 1. The molecule has 33 heavy (non-hydrogen) atoms. The number of nitrogens with zero attached hydrogens (tertiary/aromatic N) is 4. The minimum atomic E-state index is -3.75. The Balaban J connectivity index is 1.27.